The number of rotatable bonds is 2. The Kier molecular flexibility index (Phi) is 4.17. The van der Waals surface area contributed by atoms with Crippen LogP contribution in [0.1, 0.15) is 17.4 Å². The van der Waals surface area contributed by atoms with Crippen molar-refractivity contribution in [2.45, 2.75) is 13.0 Å². The number of anilines is 1. The zero-order valence-corrected chi connectivity index (χ0v) is 13.9. The maximum atomic E-state index is 12.5. The predicted molar refractivity (Wildman–Crippen MR) is 88.2 cm³/mol. The van der Waals surface area contributed by atoms with Gasteiger partial charge in [0.2, 0.25) is 0 Å². The highest BCUT2D eigenvalue weighted by molar-refractivity contribution is 7.08. The molecule has 118 valence electrons. The summed E-state index contributed by atoms with van der Waals surface area (Å²) in [5, 5.41) is 7.02. The van der Waals surface area contributed by atoms with Gasteiger partial charge in [0.1, 0.15) is 5.82 Å². The Labute approximate surface area is 134 Å². The van der Waals surface area contributed by atoms with Crippen LogP contribution in [0.2, 0.25) is 0 Å². The van der Waals surface area contributed by atoms with E-state index in [1.807, 2.05) is 40.4 Å². The van der Waals surface area contributed by atoms with Crippen molar-refractivity contribution in [3.05, 3.63) is 34.5 Å². The number of imidazole rings is 1. The highest BCUT2D eigenvalue weighted by Gasteiger charge is 2.30. The van der Waals surface area contributed by atoms with Gasteiger partial charge in [-0.2, -0.15) is 0 Å². The maximum Gasteiger partial charge on any atom is 0.321 e. The number of amides is 2. The lowest BCUT2D eigenvalue weighted by Crippen LogP contribution is -2.50. The molecule has 3 heterocycles. The number of carbonyl (C=O) groups excluding carboxylic acids is 1. The molecule has 1 fully saturated rings. The molecule has 0 aliphatic carbocycles. The van der Waals surface area contributed by atoms with Crippen LogP contribution in [-0.2, 0) is 7.05 Å². The van der Waals surface area contributed by atoms with Gasteiger partial charge >= 0.3 is 6.03 Å². The molecule has 2 aromatic heterocycles. The number of carbonyl (C=O) groups is 1. The number of urea groups is 1. The molecular weight excluding hydrogens is 298 g/mol. The van der Waals surface area contributed by atoms with Gasteiger partial charge in [0.05, 0.1) is 11.7 Å². The molecule has 1 aliphatic rings. The summed E-state index contributed by atoms with van der Waals surface area (Å²) in [6.45, 7) is 4.23. The Hall–Kier alpha value is -1.86. The summed E-state index contributed by atoms with van der Waals surface area (Å²) in [6.07, 6.45) is 3.74. The minimum atomic E-state index is -0.0335. The molecule has 6 nitrogen and oxygen atoms in total. The van der Waals surface area contributed by atoms with Gasteiger partial charge in [-0.05, 0) is 24.9 Å². The van der Waals surface area contributed by atoms with Crippen molar-refractivity contribution in [2.24, 2.45) is 7.05 Å². The van der Waals surface area contributed by atoms with Gasteiger partial charge in [-0.1, -0.05) is 0 Å². The Morgan fingerprint density at radius 3 is 2.82 bits per heavy atom. The van der Waals surface area contributed by atoms with E-state index >= 15 is 0 Å². The van der Waals surface area contributed by atoms with Crippen LogP contribution in [-0.4, -0.2) is 52.1 Å². The average Bonchev–Trinajstić information content (AvgIpc) is 3.09. The molecule has 0 spiro atoms. The van der Waals surface area contributed by atoms with Gasteiger partial charge < -0.3 is 14.8 Å². The molecule has 7 heteroatoms. The maximum absolute atomic E-state index is 12.5. The van der Waals surface area contributed by atoms with Gasteiger partial charge in [0.25, 0.3) is 0 Å². The first kappa shape index (κ1) is 15.1. The topological polar surface area (TPSA) is 53.4 Å². The Bertz CT molecular complexity index is 664. The van der Waals surface area contributed by atoms with Crippen LogP contribution < -0.4 is 5.32 Å². The van der Waals surface area contributed by atoms with Crippen LogP contribution in [0, 0.1) is 6.92 Å². The van der Waals surface area contributed by atoms with E-state index in [0.717, 1.165) is 30.2 Å². The molecule has 2 amide bonds. The molecule has 3 rings (SSSR count). The molecule has 1 unspecified atom stereocenters. The third-order valence-corrected chi connectivity index (χ3v) is 5.05. The quantitative estimate of drug-likeness (QED) is 0.924. The number of nitrogens with zero attached hydrogens (tertiary/aromatic N) is 4. The number of aryl methyl sites for hydroxylation is 2. The summed E-state index contributed by atoms with van der Waals surface area (Å²) in [6, 6.07) is 0.0943. The van der Waals surface area contributed by atoms with Gasteiger partial charge in [0, 0.05) is 44.5 Å². The summed E-state index contributed by atoms with van der Waals surface area (Å²) in [5.74, 6) is 0.992. The lowest BCUT2D eigenvalue weighted by atomic mass is 10.1. The third kappa shape index (κ3) is 2.86. The highest BCUT2D eigenvalue weighted by Crippen LogP contribution is 2.24. The molecule has 1 atom stereocenters. The molecule has 0 saturated carbocycles. The fraction of sp³-hybridized carbons (Fsp3) is 0.467. The third-order valence-electron chi connectivity index (χ3n) is 4.19. The molecule has 0 aromatic carbocycles. The summed E-state index contributed by atoms with van der Waals surface area (Å²) >= 11 is 1.60. The van der Waals surface area contributed by atoms with Crippen LogP contribution in [0.5, 0.6) is 0 Å². The minimum absolute atomic E-state index is 0.0335. The zero-order valence-electron chi connectivity index (χ0n) is 13.1. The number of piperazine rings is 1. The van der Waals surface area contributed by atoms with Gasteiger partial charge in [0.15, 0.2) is 0 Å². The number of likely N-dealkylation sites (N-methyl/N-ethyl adjacent to an activating group) is 1. The lowest BCUT2D eigenvalue weighted by Gasteiger charge is -2.38. The Morgan fingerprint density at radius 2 is 2.18 bits per heavy atom. The van der Waals surface area contributed by atoms with Crippen molar-refractivity contribution in [3.8, 4) is 0 Å². The monoisotopic (exact) mass is 319 g/mol. The summed E-state index contributed by atoms with van der Waals surface area (Å²) in [4.78, 5) is 21.1. The zero-order chi connectivity index (χ0) is 15.7. The van der Waals surface area contributed by atoms with E-state index in [9.17, 15) is 4.79 Å². The SMILES string of the molecule is Cc1cscc1NC(=O)N1CCN(C)C(c2nccn2C)C1. The van der Waals surface area contributed by atoms with Crippen molar-refractivity contribution >= 4 is 23.1 Å². The first-order valence-corrected chi connectivity index (χ1v) is 8.26. The smallest absolute Gasteiger partial charge is 0.321 e. The summed E-state index contributed by atoms with van der Waals surface area (Å²) in [5.41, 5.74) is 2.01. The number of nitrogens with one attached hydrogen (secondary N) is 1. The Morgan fingerprint density at radius 1 is 1.36 bits per heavy atom. The van der Waals surface area contributed by atoms with E-state index in [0.29, 0.717) is 6.54 Å². The predicted octanol–water partition coefficient (Wildman–Crippen LogP) is 2.31. The van der Waals surface area contributed by atoms with E-state index in [1.54, 1.807) is 17.5 Å². The molecular formula is C15H21N5OS. The van der Waals surface area contributed by atoms with E-state index in [2.05, 4.69) is 22.2 Å². The van der Waals surface area contributed by atoms with Gasteiger partial charge in [-0.3, -0.25) is 4.90 Å². The first-order chi connectivity index (χ1) is 10.6. The van der Waals surface area contributed by atoms with Crippen molar-refractivity contribution in [1.82, 2.24) is 19.4 Å². The van der Waals surface area contributed by atoms with Crippen LogP contribution in [0.25, 0.3) is 0 Å². The van der Waals surface area contributed by atoms with E-state index < -0.39 is 0 Å². The van der Waals surface area contributed by atoms with Crippen molar-refractivity contribution in [3.63, 3.8) is 0 Å². The van der Waals surface area contributed by atoms with Crippen LogP contribution in [0.15, 0.2) is 23.2 Å². The van der Waals surface area contributed by atoms with Crippen molar-refractivity contribution in [2.75, 3.05) is 32.0 Å². The number of hydrogen-bond donors (Lipinski definition) is 1. The number of aromatic nitrogens is 2. The second-order valence-electron chi connectivity index (χ2n) is 5.74. The molecule has 1 aliphatic heterocycles. The highest BCUT2D eigenvalue weighted by atomic mass is 32.1. The largest absolute Gasteiger partial charge is 0.337 e. The second kappa shape index (κ2) is 6.10. The molecule has 0 radical (unpaired) electrons. The molecule has 2 aromatic rings. The van der Waals surface area contributed by atoms with Crippen molar-refractivity contribution < 1.29 is 4.79 Å². The number of thiophene rings is 1. The van der Waals surface area contributed by atoms with E-state index in [4.69, 9.17) is 0 Å². The fourth-order valence-electron chi connectivity index (χ4n) is 2.72. The van der Waals surface area contributed by atoms with Crippen LogP contribution >= 0.6 is 11.3 Å². The number of hydrogen-bond acceptors (Lipinski definition) is 4. The summed E-state index contributed by atoms with van der Waals surface area (Å²) in [7, 11) is 4.07. The minimum Gasteiger partial charge on any atom is -0.337 e. The van der Waals surface area contributed by atoms with Crippen molar-refractivity contribution in [1.29, 1.82) is 0 Å². The second-order valence-corrected chi connectivity index (χ2v) is 6.48. The van der Waals surface area contributed by atoms with Gasteiger partial charge in [-0.25, -0.2) is 9.78 Å². The van der Waals surface area contributed by atoms with Crippen LogP contribution in [0.4, 0.5) is 10.5 Å². The van der Waals surface area contributed by atoms with E-state index in [-0.39, 0.29) is 12.1 Å². The normalized spacial score (nSPS) is 19.4. The molecule has 1 saturated heterocycles. The lowest BCUT2D eigenvalue weighted by molar-refractivity contribution is 0.110. The fourth-order valence-corrected chi connectivity index (χ4v) is 3.50. The first-order valence-electron chi connectivity index (χ1n) is 7.32. The summed E-state index contributed by atoms with van der Waals surface area (Å²) < 4.78 is 2.02. The molecule has 0 bridgehead atoms. The standard InChI is InChI=1S/C15H21N5OS/c1-11-9-22-10-12(11)17-15(21)20-7-6-18(2)13(8-20)14-16-4-5-19(14)3/h4-5,9-10,13H,6-8H2,1-3H3,(H,17,21). The Balaban J connectivity index is 1.71. The molecule has 1 N–H and O–H groups in total. The van der Waals surface area contributed by atoms with Crippen LogP contribution in [0.3, 0.4) is 0 Å². The van der Waals surface area contributed by atoms with Gasteiger partial charge in [-0.15, -0.1) is 11.3 Å². The van der Waals surface area contributed by atoms with E-state index in [1.165, 1.54) is 0 Å². The molecule has 22 heavy (non-hydrogen) atoms. The average molecular weight is 319 g/mol.